The molecule has 0 aliphatic heterocycles. The van der Waals surface area contributed by atoms with Gasteiger partial charge in [-0.1, -0.05) is 17.4 Å². The highest BCUT2D eigenvalue weighted by Gasteiger charge is 2.02. The molecule has 1 aromatic rings. The molecule has 0 aromatic heterocycles. The summed E-state index contributed by atoms with van der Waals surface area (Å²) in [6.45, 7) is 3.96. The van der Waals surface area contributed by atoms with E-state index in [9.17, 15) is 4.79 Å². The summed E-state index contributed by atoms with van der Waals surface area (Å²) in [6.07, 6.45) is 1.81. The van der Waals surface area contributed by atoms with Crippen molar-refractivity contribution in [3.63, 3.8) is 0 Å². The third-order valence-corrected chi connectivity index (χ3v) is 2.01. The molecule has 0 heterocycles. The van der Waals surface area contributed by atoms with Crippen LogP contribution in [0.4, 0.5) is 0 Å². The Morgan fingerprint density at radius 2 is 1.83 bits per heavy atom. The molecular formula is C16H14O2. The lowest BCUT2D eigenvalue weighted by Gasteiger charge is -1.97. The molecule has 0 aliphatic rings. The van der Waals surface area contributed by atoms with Crippen LogP contribution in [0.15, 0.2) is 35.9 Å². The molecule has 0 atom stereocenters. The second kappa shape index (κ2) is 6.99. The summed E-state index contributed by atoms with van der Waals surface area (Å²) in [5, 5.41) is 0. The Balaban J connectivity index is 2.75. The van der Waals surface area contributed by atoms with E-state index in [0.29, 0.717) is 5.56 Å². The number of methoxy groups -OCH3 is 1. The number of esters is 1. The SMILES string of the molecule is COC(=O)c1ccc(C#CC#CC=C(C)C)cc1. The highest BCUT2D eigenvalue weighted by Crippen LogP contribution is 2.04. The van der Waals surface area contributed by atoms with Crippen LogP contribution in [0.1, 0.15) is 29.8 Å². The van der Waals surface area contributed by atoms with E-state index in [1.54, 1.807) is 24.3 Å². The maximum Gasteiger partial charge on any atom is 0.337 e. The van der Waals surface area contributed by atoms with E-state index >= 15 is 0 Å². The number of carbonyl (C=O) groups is 1. The average Bonchev–Trinajstić information content (AvgIpc) is 2.38. The number of rotatable bonds is 1. The lowest BCUT2D eigenvalue weighted by Crippen LogP contribution is -2.00. The van der Waals surface area contributed by atoms with Crippen LogP contribution in [0.25, 0.3) is 0 Å². The minimum absolute atomic E-state index is 0.349. The molecule has 0 saturated carbocycles. The largest absolute Gasteiger partial charge is 0.465 e. The van der Waals surface area contributed by atoms with Crippen LogP contribution < -0.4 is 0 Å². The zero-order chi connectivity index (χ0) is 13.4. The van der Waals surface area contributed by atoms with Gasteiger partial charge in [-0.3, -0.25) is 0 Å². The van der Waals surface area contributed by atoms with Gasteiger partial charge in [-0.25, -0.2) is 4.79 Å². The summed E-state index contributed by atoms with van der Waals surface area (Å²) in [5.41, 5.74) is 2.47. The van der Waals surface area contributed by atoms with Crippen LogP contribution >= 0.6 is 0 Å². The smallest absolute Gasteiger partial charge is 0.337 e. The summed E-state index contributed by atoms with van der Waals surface area (Å²) < 4.78 is 4.61. The highest BCUT2D eigenvalue weighted by atomic mass is 16.5. The van der Waals surface area contributed by atoms with Gasteiger partial charge >= 0.3 is 5.97 Å². The monoisotopic (exact) mass is 238 g/mol. The van der Waals surface area contributed by atoms with Crippen molar-refractivity contribution in [1.82, 2.24) is 0 Å². The van der Waals surface area contributed by atoms with Crippen LogP contribution in [0.2, 0.25) is 0 Å². The zero-order valence-corrected chi connectivity index (χ0v) is 10.7. The van der Waals surface area contributed by atoms with Crippen molar-refractivity contribution < 1.29 is 9.53 Å². The van der Waals surface area contributed by atoms with Crippen molar-refractivity contribution in [2.45, 2.75) is 13.8 Å². The minimum atomic E-state index is -0.349. The number of carbonyl (C=O) groups excluding carboxylic acids is 1. The molecule has 2 heteroatoms. The van der Waals surface area contributed by atoms with Crippen molar-refractivity contribution in [2.75, 3.05) is 7.11 Å². The summed E-state index contributed by atoms with van der Waals surface area (Å²) >= 11 is 0. The Bertz CT molecular complexity index is 565. The van der Waals surface area contributed by atoms with E-state index in [4.69, 9.17) is 0 Å². The predicted molar refractivity (Wildman–Crippen MR) is 71.9 cm³/mol. The Labute approximate surface area is 108 Å². The fourth-order valence-corrected chi connectivity index (χ4v) is 1.13. The van der Waals surface area contributed by atoms with E-state index < -0.39 is 0 Å². The molecule has 1 aromatic carbocycles. The van der Waals surface area contributed by atoms with Crippen molar-refractivity contribution in [2.24, 2.45) is 0 Å². The van der Waals surface area contributed by atoms with Crippen LogP contribution in [0.5, 0.6) is 0 Å². The normalized spacial score (nSPS) is 8.17. The number of hydrogen-bond donors (Lipinski definition) is 0. The maximum atomic E-state index is 11.2. The first-order valence-electron chi connectivity index (χ1n) is 5.47. The van der Waals surface area contributed by atoms with Gasteiger partial charge in [-0.05, 0) is 56.0 Å². The number of benzene rings is 1. The molecular weight excluding hydrogens is 224 g/mol. The van der Waals surface area contributed by atoms with Crippen molar-refractivity contribution in [3.8, 4) is 23.7 Å². The molecule has 1 rings (SSSR count). The third kappa shape index (κ3) is 4.60. The van der Waals surface area contributed by atoms with Crippen LogP contribution in [-0.2, 0) is 4.74 Å². The summed E-state index contributed by atoms with van der Waals surface area (Å²) in [7, 11) is 1.36. The minimum Gasteiger partial charge on any atom is -0.465 e. The van der Waals surface area contributed by atoms with E-state index in [1.165, 1.54) is 7.11 Å². The first kappa shape index (κ1) is 13.6. The van der Waals surface area contributed by atoms with Gasteiger partial charge in [-0.15, -0.1) is 0 Å². The highest BCUT2D eigenvalue weighted by molar-refractivity contribution is 5.89. The van der Waals surface area contributed by atoms with Gasteiger partial charge in [0.1, 0.15) is 0 Å². The molecule has 0 N–H and O–H groups in total. The Morgan fingerprint density at radius 3 is 2.39 bits per heavy atom. The van der Waals surface area contributed by atoms with Gasteiger partial charge in [0.15, 0.2) is 0 Å². The topological polar surface area (TPSA) is 26.3 Å². The van der Waals surface area contributed by atoms with Gasteiger partial charge in [0.05, 0.1) is 12.7 Å². The van der Waals surface area contributed by atoms with E-state index in [0.717, 1.165) is 11.1 Å². The van der Waals surface area contributed by atoms with Gasteiger partial charge in [0.25, 0.3) is 0 Å². The van der Waals surface area contributed by atoms with Crippen LogP contribution in [0.3, 0.4) is 0 Å². The Kier molecular flexibility index (Phi) is 5.29. The van der Waals surface area contributed by atoms with Crippen LogP contribution in [-0.4, -0.2) is 13.1 Å². The molecule has 0 fully saturated rings. The molecule has 0 radical (unpaired) electrons. The van der Waals surface area contributed by atoms with Crippen LogP contribution in [0, 0.1) is 23.7 Å². The number of ether oxygens (including phenoxy) is 1. The van der Waals surface area contributed by atoms with Gasteiger partial charge in [0, 0.05) is 5.56 Å². The number of allylic oxidation sites excluding steroid dienone is 2. The maximum absolute atomic E-state index is 11.2. The third-order valence-electron chi connectivity index (χ3n) is 2.01. The second-order valence-corrected chi connectivity index (χ2v) is 3.81. The summed E-state index contributed by atoms with van der Waals surface area (Å²) in [6, 6.07) is 6.89. The summed E-state index contributed by atoms with van der Waals surface area (Å²) in [4.78, 5) is 11.2. The number of hydrogen-bond acceptors (Lipinski definition) is 2. The molecule has 90 valence electrons. The first-order chi connectivity index (χ1) is 8.63. The summed E-state index contributed by atoms with van der Waals surface area (Å²) in [5.74, 6) is 10.9. The first-order valence-corrected chi connectivity index (χ1v) is 5.47. The molecule has 0 spiro atoms. The fourth-order valence-electron chi connectivity index (χ4n) is 1.13. The predicted octanol–water partition coefficient (Wildman–Crippen LogP) is 2.79. The standard InChI is InChI=1S/C16H14O2/c1-13(2)7-5-4-6-8-14-9-11-15(12-10-14)16(17)18-3/h7,9-12H,1-3H3. The van der Waals surface area contributed by atoms with Gasteiger partial charge in [-0.2, -0.15) is 0 Å². The quantitative estimate of drug-likeness (QED) is 0.555. The van der Waals surface area contributed by atoms with Crippen molar-refractivity contribution >= 4 is 5.97 Å². The van der Waals surface area contributed by atoms with Crippen molar-refractivity contribution in [3.05, 3.63) is 47.0 Å². The fraction of sp³-hybridized carbons (Fsp3) is 0.188. The molecule has 2 nitrogen and oxygen atoms in total. The lowest BCUT2D eigenvalue weighted by atomic mass is 10.1. The molecule has 0 saturated heterocycles. The van der Waals surface area contributed by atoms with E-state index in [2.05, 4.69) is 28.4 Å². The lowest BCUT2D eigenvalue weighted by molar-refractivity contribution is 0.0601. The van der Waals surface area contributed by atoms with E-state index in [1.807, 2.05) is 19.9 Å². The van der Waals surface area contributed by atoms with Gasteiger partial charge in [0.2, 0.25) is 0 Å². The zero-order valence-electron chi connectivity index (χ0n) is 10.7. The molecule has 0 bridgehead atoms. The van der Waals surface area contributed by atoms with E-state index in [-0.39, 0.29) is 5.97 Å². The average molecular weight is 238 g/mol. The Hall–Kier alpha value is -2.45. The molecule has 0 aliphatic carbocycles. The Morgan fingerprint density at radius 1 is 1.17 bits per heavy atom. The molecule has 0 unspecified atom stereocenters. The van der Waals surface area contributed by atoms with Crippen molar-refractivity contribution in [1.29, 1.82) is 0 Å². The molecule has 18 heavy (non-hydrogen) atoms. The van der Waals surface area contributed by atoms with Gasteiger partial charge < -0.3 is 4.74 Å². The molecule has 0 amide bonds. The second-order valence-electron chi connectivity index (χ2n) is 3.81.